The molecule has 0 radical (unpaired) electrons. The molecule has 3 N–H and O–H groups in total. The lowest BCUT2D eigenvalue weighted by Gasteiger charge is -2.73. The maximum Gasteiger partial charge on any atom is 0.0556 e. The van der Waals surface area contributed by atoms with Gasteiger partial charge in [0.15, 0.2) is 0 Å². The highest BCUT2D eigenvalue weighted by atomic mass is 16.3. The van der Waals surface area contributed by atoms with Crippen LogP contribution >= 0.6 is 0 Å². The van der Waals surface area contributed by atoms with Gasteiger partial charge in [0.25, 0.3) is 0 Å². The summed E-state index contributed by atoms with van der Waals surface area (Å²) < 4.78 is 0. The monoisotopic (exact) mass is 485 g/mol. The van der Waals surface area contributed by atoms with Crippen molar-refractivity contribution in [1.82, 2.24) is 5.32 Å². The fourth-order valence-corrected chi connectivity index (χ4v) is 12.2. The molecule has 0 bridgehead atoms. The topological polar surface area (TPSA) is 52.5 Å². The summed E-state index contributed by atoms with van der Waals surface area (Å²) in [7, 11) is 0. The van der Waals surface area contributed by atoms with E-state index in [9.17, 15) is 10.2 Å². The van der Waals surface area contributed by atoms with Crippen LogP contribution in [-0.4, -0.2) is 36.0 Å². The number of aliphatic hydroxyl groups excluding tert-OH is 2. The Bertz CT molecular complexity index is 837. The van der Waals surface area contributed by atoms with Crippen LogP contribution in [0.15, 0.2) is 12.2 Å². The number of aliphatic hydroxyl groups is 2. The van der Waals surface area contributed by atoms with Crippen LogP contribution in [0.4, 0.5) is 0 Å². The Kier molecular flexibility index (Phi) is 6.42. The first-order valence-corrected chi connectivity index (χ1v) is 15.0. The van der Waals surface area contributed by atoms with E-state index in [1.807, 2.05) is 0 Å². The maximum absolute atomic E-state index is 10.7. The Morgan fingerprint density at radius 1 is 0.829 bits per heavy atom. The Morgan fingerprint density at radius 2 is 1.57 bits per heavy atom. The van der Waals surface area contributed by atoms with Crippen LogP contribution in [0.5, 0.6) is 0 Å². The molecule has 0 spiro atoms. The molecule has 0 aromatic carbocycles. The molecule has 0 aliphatic heterocycles. The summed E-state index contributed by atoms with van der Waals surface area (Å²) in [5.41, 5.74) is 2.92. The third kappa shape index (κ3) is 3.39. The number of rotatable bonds is 5. The van der Waals surface area contributed by atoms with Crippen LogP contribution in [-0.2, 0) is 0 Å². The Morgan fingerprint density at radius 3 is 2.23 bits per heavy atom. The van der Waals surface area contributed by atoms with Gasteiger partial charge in [-0.25, -0.2) is 0 Å². The molecule has 0 aromatic heterocycles. The molecule has 5 aliphatic carbocycles. The van der Waals surface area contributed by atoms with Gasteiger partial charge in [-0.2, -0.15) is 0 Å². The van der Waals surface area contributed by atoms with Gasteiger partial charge in [-0.1, -0.05) is 46.8 Å². The van der Waals surface area contributed by atoms with Gasteiger partial charge in [0.2, 0.25) is 0 Å². The number of nitrogens with one attached hydrogen (secondary N) is 1. The largest absolute Gasteiger partial charge is 0.396 e. The predicted molar refractivity (Wildman–Crippen MR) is 145 cm³/mol. The molecular weight excluding hydrogens is 430 g/mol. The number of allylic oxidation sites excluding steroid dienone is 1. The quantitative estimate of drug-likeness (QED) is 0.385. The lowest BCUT2D eigenvalue weighted by molar-refractivity contribution is -0.241. The summed E-state index contributed by atoms with van der Waals surface area (Å²) >= 11 is 0. The third-order valence-electron chi connectivity index (χ3n) is 14.1. The van der Waals surface area contributed by atoms with Crippen molar-refractivity contribution in [2.45, 2.75) is 112 Å². The average molecular weight is 486 g/mol. The first-order valence-electron chi connectivity index (χ1n) is 15.0. The van der Waals surface area contributed by atoms with E-state index in [4.69, 9.17) is 0 Å². The SMILES string of the molecule is C=C(C)[C@@H]1CC[C@]2(CO)CC[C@]3(C)[C@H](CC[C@@H]4[C@@]5(C)CCC(NCCO)C(C)(C)[C@@H]5CC[C@]43C)[C@@H]12. The van der Waals surface area contributed by atoms with Gasteiger partial charge < -0.3 is 15.5 Å². The first-order chi connectivity index (χ1) is 16.4. The molecule has 10 atom stereocenters. The summed E-state index contributed by atoms with van der Waals surface area (Å²) in [5, 5.41) is 23.9. The van der Waals surface area contributed by atoms with E-state index in [0.29, 0.717) is 40.7 Å². The lowest BCUT2D eigenvalue weighted by Crippen LogP contribution is -2.67. The van der Waals surface area contributed by atoms with E-state index in [2.05, 4.69) is 53.4 Å². The molecule has 5 aliphatic rings. The van der Waals surface area contributed by atoms with E-state index in [0.717, 1.165) is 24.3 Å². The summed E-state index contributed by atoms with van der Waals surface area (Å²) in [5.74, 6) is 3.49. The molecule has 0 amide bonds. The van der Waals surface area contributed by atoms with Crippen LogP contribution < -0.4 is 5.32 Å². The number of fused-ring (bicyclic) bond motifs is 7. The standard InChI is InChI=1S/C32H55NO2/c1-21(2)22-10-15-32(20-35)17-16-30(6)23(27(22)32)8-9-25-29(5)13-12-26(33-18-19-34)28(3,4)24(29)11-14-31(25,30)7/h22-27,33-35H,1,8-20H2,2-7H3/t22-,23+,24-,25+,26?,27+,29-,30+,31+,32+/m0/s1. The van der Waals surface area contributed by atoms with Crippen LogP contribution in [0.3, 0.4) is 0 Å². The zero-order chi connectivity index (χ0) is 25.4. The molecular formula is C32H55NO2. The van der Waals surface area contributed by atoms with Crippen LogP contribution in [0.1, 0.15) is 106 Å². The Hall–Kier alpha value is -0.380. The van der Waals surface area contributed by atoms with Gasteiger partial charge in [-0.05, 0) is 128 Å². The normalized spacial score (nSPS) is 52.7. The van der Waals surface area contributed by atoms with Crippen molar-refractivity contribution in [3.8, 4) is 0 Å². The zero-order valence-electron chi connectivity index (χ0n) is 23.8. The van der Waals surface area contributed by atoms with Crippen LogP contribution in [0, 0.1) is 56.7 Å². The van der Waals surface area contributed by atoms with Gasteiger partial charge in [0.1, 0.15) is 0 Å². The molecule has 5 rings (SSSR count). The molecule has 35 heavy (non-hydrogen) atoms. The lowest BCUT2D eigenvalue weighted by atomic mass is 9.32. The Labute approximate surface area is 215 Å². The van der Waals surface area contributed by atoms with Crippen molar-refractivity contribution in [2.24, 2.45) is 56.7 Å². The number of hydrogen-bond donors (Lipinski definition) is 3. The van der Waals surface area contributed by atoms with E-state index >= 15 is 0 Å². The minimum Gasteiger partial charge on any atom is -0.396 e. The molecule has 3 heteroatoms. The second kappa shape index (κ2) is 8.57. The molecule has 0 aromatic rings. The Balaban J connectivity index is 1.49. The number of hydrogen-bond acceptors (Lipinski definition) is 3. The fraction of sp³-hybridized carbons (Fsp3) is 0.938. The molecule has 200 valence electrons. The van der Waals surface area contributed by atoms with Crippen molar-refractivity contribution in [3.63, 3.8) is 0 Å². The van der Waals surface area contributed by atoms with Gasteiger partial charge in [-0.15, -0.1) is 0 Å². The molecule has 0 saturated heterocycles. The minimum absolute atomic E-state index is 0.149. The van der Waals surface area contributed by atoms with Crippen molar-refractivity contribution in [3.05, 3.63) is 12.2 Å². The van der Waals surface area contributed by atoms with Crippen molar-refractivity contribution >= 4 is 0 Å². The average Bonchev–Trinajstić information content (AvgIpc) is 3.19. The van der Waals surface area contributed by atoms with E-state index < -0.39 is 0 Å². The summed E-state index contributed by atoms with van der Waals surface area (Å²) in [6, 6.07) is 0.513. The van der Waals surface area contributed by atoms with Crippen LogP contribution in [0.2, 0.25) is 0 Å². The van der Waals surface area contributed by atoms with Gasteiger partial charge in [0, 0.05) is 19.2 Å². The molecule has 0 heterocycles. The van der Waals surface area contributed by atoms with E-state index in [1.54, 1.807) is 0 Å². The fourth-order valence-electron chi connectivity index (χ4n) is 12.2. The summed E-state index contributed by atoms with van der Waals surface area (Å²) in [6.07, 6.45) is 12.9. The highest BCUT2D eigenvalue weighted by Gasteiger charge is 2.70. The minimum atomic E-state index is 0.149. The van der Waals surface area contributed by atoms with E-state index in [-0.39, 0.29) is 17.4 Å². The second-order valence-electron chi connectivity index (χ2n) is 15.3. The zero-order valence-corrected chi connectivity index (χ0v) is 23.8. The predicted octanol–water partition coefficient (Wildman–Crippen LogP) is 6.59. The van der Waals surface area contributed by atoms with E-state index in [1.165, 1.54) is 69.8 Å². The van der Waals surface area contributed by atoms with Gasteiger partial charge in [-0.3, -0.25) is 0 Å². The molecule has 1 unspecified atom stereocenters. The summed E-state index contributed by atoms with van der Waals surface area (Å²) in [6.45, 7) is 21.2. The molecule has 5 fully saturated rings. The first kappa shape index (κ1) is 26.2. The maximum atomic E-state index is 10.7. The third-order valence-corrected chi connectivity index (χ3v) is 14.1. The van der Waals surface area contributed by atoms with Gasteiger partial charge in [0.05, 0.1) is 6.61 Å². The molecule has 5 saturated carbocycles. The highest BCUT2D eigenvalue weighted by molar-refractivity contribution is 5.21. The van der Waals surface area contributed by atoms with Crippen molar-refractivity contribution in [2.75, 3.05) is 19.8 Å². The smallest absolute Gasteiger partial charge is 0.0556 e. The van der Waals surface area contributed by atoms with Gasteiger partial charge >= 0.3 is 0 Å². The van der Waals surface area contributed by atoms with Crippen molar-refractivity contribution < 1.29 is 10.2 Å². The van der Waals surface area contributed by atoms with Crippen LogP contribution in [0.25, 0.3) is 0 Å². The molecule has 3 nitrogen and oxygen atoms in total. The highest BCUT2D eigenvalue weighted by Crippen LogP contribution is 2.77. The van der Waals surface area contributed by atoms with Crippen molar-refractivity contribution in [1.29, 1.82) is 0 Å². The summed E-state index contributed by atoms with van der Waals surface area (Å²) in [4.78, 5) is 0. The second-order valence-corrected chi connectivity index (χ2v) is 15.3.